The first-order valence-corrected chi connectivity index (χ1v) is 6.06. The predicted octanol–water partition coefficient (Wildman–Crippen LogP) is 3.32. The number of hydrogen-bond donors (Lipinski definition) is 0. The molecular formula is C12H11Cl2NO2. The fourth-order valence-electron chi connectivity index (χ4n) is 2.02. The molecule has 0 saturated carbocycles. The molecule has 0 spiro atoms. The molecule has 1 aliphatic rings. The Morgan fingerprint density at radius 3 is 2.71 bits per heavy atom. The van der Waals surface area contributed by atoms with Crippen LogP contribution in [0.2, 0.25) is 10.0 Å². The summed E-state index contributed by atoms with van der Waals surface area (Å²) >= 11 is 12.0. The smallest absolute Gasteiger partial charge is 0.223 e. The van der Waals surface area contributed by atoms with Gasteiger partial charge >= 0.3 is 0 Å². The number of halogens is 2. The van der Waals surface area contributed by atoms with Crippen molar-refractivity contribution in [1.29, 1.82) is 0 Å². The lowest BCUT2D eigenvalue weighted by molar-refractivity contribution is -0.116. The van der Waals surface area contributed by atoms with E-state index in [1.54, 1.807) is 11.0 Å². The summed E-state index contributed by atoms with van der Waals surface area (Å²) in [5, 5.41) is 0.736. The molecule has 3 nitrogen and oxygen atoms in total. The van der Waals surface area contributed by atoms with Crippen LogP contribution < -0.4 is 4.90 Å². The average molecular weight is 272 g/mol. The SMILES string of the molecule is CC(=O)N1CCCC(=O)c2c(Cl)cc(Cl)cc21. The van der Waals surface area contributed by atoms with Crippen LogP contribution in [0, 0.1) is 0 Å². The molecule has 0 aromatic heterocycles. The maximum atomic E-state index is 11.9. The average Bonchev–Trinajstić information content (AvgIpc) is 2.37. The number of hydrogen-bond acceptors (Lipinski definition) is 2. The van der Waals surface area contributed by atoms with Gasteiger partial charge in [0.05, 0.1) is 16.3 Å². The molecule has 0 fully saturated rings. The van der Waals surface area contributed by atoms with Gasteiger partial charge < -0.3 is 4.90 Å². The van der Waals surface area contributed by atoms with Crippen molar-refractivity contribution in [3.8, 4) is 0 Å². The normalized spacial score (nSPS) is 15.5. The van der Waals surface area contributed by atoms with E-state index >= 15 is 0 Å². The molecule has 0 atom stereocenters. The minimum Gasteiger partial charge on any atom is -0.312 e. The van der Waals surface area contributed by atoms with Crippen LogP contribution in [-0.4, -0.2) is 18.2 Å². The molecule has 1 aliphatic heterocycles. The van der Waals surface area contributed by atoms with Gasteiger partial charge in [0.25, 0.3) is 0 Å². The Hall–Kier alpha value is -1.06. The van der Waals surface area contributed by atoms with Crippen molar-refractivity contribution in [2.45, 2.75) is 19.8 Å². The van der Waals surface area contributed by atoms with E-state index in [0.29, 0.717) is 40.7 Å². The van der Waals surface area contributed by atoms with E-state index in [1.165, 1.54) is 13.0 Å². The zero-order valence-electron chi connectivity index (χ0n) is 9.30. The van der Waals surface area contributed by atoms with Crippen LogP contribution in [-0.2, 0) is 4.79 Å². The van der Waals surface area contributed by atoms with Crippen LogP contribution in [0.4, 0.5) is 5.69 Å². The number of fused-ring (bicyclic) bond motifs is 1. The molecule has 1 aromatic rings. The summed E-state index contributed by atoms with van der Waals surface area (Å²) < 4.78 is 0. The second-order valence-electron chi connectivity index (χ2n) is 3.98. The summed E-state index contributed by atoms with van der Waals surface area (Å²) in [7, 11) is 0. The van der Waals surface area contributed by atoms with E-state index in [-0.39, 0.29) is 11.7 Å². The molecular weight excluding hydrogens is 261 g/mol. The van der Waals surface area contributed by atoms with Crippen molar-refractivity contribution < 1.29 is 9.59 Å². The molecule has 0 N–H and O–H groups in total. The lowest BCUT2D eigenvalue weighted by atomic mass is 10.1. The summed E-state index contributed by atoms with van der Waals surface area (Å²) in [5.41, 5.74) is 0.932. The lowest BCUT2D eigenvalue weighted by Gasteiger charge is -2.21. The Labute approximate surface area is 109 Å². The topological polar surface area (TPSA) is 37.4 Å². The highest BCUT2D eigenvalue weighted by Gasteiger charge is 2.25. The van der Waals surface area contributed by atoms with Gasteiger partial charge in [-0.05, 0) is 18.6 Å². The molecule has 1 heterocycles. The first-order chi connectivity index (χ1) is 8.00. The first kappa shape index (κ1) is 12.4. The molecule has 0 radical (unpaired) electrons. The highest BCUT2D eigenvalue weighted by molar-refractivity contribution is 6.38. The molecule has 2 rings (SSSR count). The molecule has 5 heteroatoms. The third-order valence-corrected chi connectivity index (χ3v) is 3.29. The van der Waals surface area contributed by atoms with Gasteiger partial charge in [0.2, 0.25) is 5.91 Å². The van der Waals surface area contributed by atoms with Gasteiger partial charge in [-0.2, -0.15) is 0 Å². The summed E-state index contributed by atoms with van der Waals surface area (Å²) in [6, 6.07) is 3.15. The zero-order chi connectivity index (χ0) is 12.6. The predicted molar refractivity (Wildman–Crippen MR) is 68.1 cm³/mol. The van der Waals surface area contributed by atoms with Gasteiger partial charge in [0.1, 0.15) is 0 Å². The summed E-state index contributed by atoms with van der Waals surface area (Å²) in [6.45, 7) is 1.99. The lowest BCUT2D eigenvalue weighted by Crippen LogP contribution is -2.29. The molecule has 0 bridgehead atoms. The van der Waals surface area contributed by atoms with E-state index in [1.807, 2.05) is 0 Å². The van der Waals surface area contributed by atoms with Gasteiger partial charge in [0.15, 0.2) is 5.78 Å². The van der Waals surface area contributed by atoms with Crippen LogP contribution in [0.5, 0.6) is 0 Å². The van der Waals surface area contributed by atoms with E-state index in [2.05, 4.69) is 0 Å². The number of amides is 1. The largest absolute Gasteiger partial charge is 0.312 e. The zero-order valence-corrected chi connectivity index (χ0v) is 10.8. The summed E-state index contributed by atoms with van der Waals surface area (Å²) in [5.74, 6) is -0.148. The van der Waals surface area contributed by atoms with Gasteiger partial charge in [0, 0.05) is 24.9 Å². The molecule has 0 aliphatic carbocycles. The van der Waals surface area contributed by atoms with E-state index < -0.39 is 0 Å². The Bertz CT molecular complexity index is 500. The Morgan fingerprint density at radius 2 is 2.06 bits per heavy atom. The van der Waals surface area contributed by atoms with Crippen molar-refractivity contribution in [2.24, 2.45) is 0 Å². The molecule has 1 amide bonds. The number of rotatable bonds is 0. The van der Waals surface area contributed by atoms with Crippen molar-refractivity contribution in [3.63, 3.8) is 0 Å². The second kappa shape index (κ2) is 4.67. The fourth-order valence-corrected chi connectivity index (χ4v) is 2.61. The van der Waals surface area contributed by atoms with Crippen molar-refractivity contribution >= 4 is 40.6 Å². The number of anilines is 1. The molecule has 1 aromatic carbocycles. The first-order valence-electron chi connectivity index (χ1n) is 5.31. The van der Waals surface area contributed by atoms with Crippen LogP contribution in [0.15, 0.2) is 12.1 Å². The number of carbonyl (C=O) groups excluding carboxylic acids is 2. The monoisotopic (exact) mass is 271 g/mol. The Morgan fingerprint density at radius 1 is 1.35 bits per heavy atom. The highest BCUT2D eigenvalue weighted by atomic mass is 35.5. The fraction of sp³-hybridized carbons (Fsp3) is 0.333. The third-order valence-electron chi connectivity index (χ3n) is 2.77. The van der Waals surface area contributed by atoms with Crippen molar-refractivity contribution in [3.05, 3.63) is 27.7 Å². The van der Waals surface area contributed by atoms with Gasteiger partial charge in [-0.3, -0.25) is 9.59 Å². The second-order valence-corrected chi connectivity index (χ2v) is 4.82. The Balaban J connectivity index is 2.66. The molecule has 0 saturated heterocycles. The van der Waals surface area contributed by atoms with E-state index in [0.717, 1.165) is 0 Å². The highest BCUT2D eigenvalue weighted by Crippen LogP contribution is 2.35. The summed E-state index contributed by atoms with van der Waals surface area (Å²) in [6.07, 6.45) is 1.04. The number of benzene rings is 1. The van der Waals surface area contributed by atoms with Crippen LogP contribution in [0.3, 0.4) is 0 Å². The molecule has 0 unspecified atom stereocenters. The van der Waals surface area contributed by atoms with Gasteiger partial charge in [-0.1, -0.05) is 23.2 Å². The van der Waals surface area contributed by atoms with E-state index in [4.69, 9.17) is 23.2 Å². The van der Waals surface area contributed by atoms with Crippen LogP contribution in [0.1, 0.15) is 30.1 Å². The number of carbonyl (C=O) groups is 2. The molecule has 90 valence electrons. The molecule has 17 heavy (non-hydrogen) atoms. The summed E-state index contributed by atoms with van der Waals surface area (Å²) in [4.78, 5) is 25.1. The number of nitrogens with zero attached hydrogens (tertiary/aromatic N) is 1. The minimum atomic E-state index is -0.112. The van der Waals surface area contributed by atoms with Crippen molar-refractivity contribution in [2.75, 3.05) is 11.4 Å². The van der Waals surface area contributed by atoms with E-state index in [9.17, 15) is 9.59 Å². The standard InChI is InChI=1S/C12H11Cl2NO2/c1-7(16)15-4-2-3-11(17)12-9(14)5-8(13)6-10(12)15/h5-6H,2-4H2,1H3. The van der Waals surface area contributed by atoms with Crippen LogP contribution in [0.25, 0.3) is 0 Å². The van der Waals surface area contributed by atoms with Crippen LogP contribution >= 0.6 is 23.2 Å². The Kier molecular flexibility index (Phi) is 3.40. The number of Topliss-reactive ketones (excluding diaryl/α,β-unsaturated/α-hetero) is 1. The van der Waals surface area contributed by atoms with Gasteiger partial charge in [-0.15, -0.1) is 0 Å². The number of ketones is 1. The maximum Gasteiger partial charge on any atom is 0.223 e. The third kappa shape index (κ3) is 2.31. The quantitative estimate of drug-likeness (QED) is 0.726. The maximum absolute atomic E-state index is 11.9. The minimum absolute atomic E-state index is 0.0367. The van der Waals surface area contributed by atoms with Crippen molar-refractivity contribution in [1.82, 2.24) is 0 Å². The van der Waals surface area contributed by atoms with Gasteiger partial charge in [-0.25, -0.2) is 0 Å².